The summed E-state index contributed by atoms with van der Waals surface area (Å²) in [5, 5.41) is 22.6. The molecule has 2 heterocycles. The monoisotopic (exact) mass is 357 g/mol. The maximum Gasteiger partial charge on any atom is 0.233 e. The van der Waals surface area contributed by atoms with Crippen molar-refractivity contribution in [2.45, 2.75) is 38.3 Å². The third-order valence-electron chi connectivity index (χ3n) is 4.72. The number of carbonyl (C=O) groups is 1. The van der Waals surface area contributed by atoms with Crippen LogP contribution in [0.3, 0.4) is 0 Å². The Balaban J connectivity index is 1.79. The van der Waals surface area contributed by atoms with Gasteiger partial charge in [-0.15, -0.1) is 0 Å². The first kappa shape index (κ1) is 18.3. The highest BCUT2D eigenvalue weighted by Crippen LogP contribution is 2.29. The number of rotatable bonds is 7. The summed E-state index contributed by atoms with van der Waals surface area (Å²) >= 11 is 0. The van der Waals surface area contributed by atoms with E-state index in [1.807, 2.05) is 0 Å². The lowest BCUT2D eigenvalue weighted by molar-refractivity contribution is 0.101. The minimum absolute atomic E-state index is 0.109. The van der Waals surface area contributed by atoms with Crippen LogP contribution in [-0.4, -0.2) is 38.6 Å². The van der Waals surface area contributed by atoms with Crippen LogP contribution in [0.5, 0.6) is 0 Å². The molecule has 0 spiro atoms. The van der Waals surface area contributed by atoms with E-state index in [0.29, 0.717) is 22.5 Å². The highest BCUT2D eigenvalue weighted by Gasteiger charge is 2.27. The zero-order valence-corrected chi connectivity index (χ0v) is 14.7. The molecule has 1 fully saturated rings. The highest BCUT2D eigenvalue weighted by atomic mass is 16.3. The van der Waals surface area contributed by atoms with Crippen molar-refractivity contribution in [1.82, 2.24) is 9.97 Å². The van der Waals surface area contributed by atoms with Crippen LogP contribution in [0.25, 0.3) is 0 Å². The first-order valence-corrected chi connectivity index (χ1v) is 8.63. The molecule has 1 aliphatic rings. The molecule has 1 aliphatic carbocycles. The van der Waals surface area contributed by atoms with Gasteiger partial charge in [0.2, 0.25) is 5.78 Å². The van der Waals surface area contributed by atoms with Gasteiger partial charge in [0, 0.05) is 24.4 Å². The summed E-state index contributed by atoms with van der Waals surface area (Å²) in [4.78, 5) is 21.0. The van der Waals surface area contributed by atoms with Crippen molar-refractivity contribution in [2.75, 3.05) is 11.9 Å². The Morgan fingerprint density at radius 1 is 1.50 bits per heavy atom. The molecule has 3 unspecified atom stereocenters. The first-order valence-electron chi connectivity index (χ1n) is 8.63. The van der Waals surface area contributed by atoms with Gasteiger partial charge in [-0.05, 0) is 43.7 Å². The normalized spacial score (nSPS) is 20.7. The van der Waals surface area contributed by atoms with E-state index in [2.05, 4.69) is 21.9 Å². The van der Waals surface area contributed by atoms with Crippen molar-refractivity contribution in [3.05, 3.63) is 53.9 Å². The quantitative estimate of drug-likeness (QED) is 0.516. The molecule has 2 aromatic rings. The number of nitrogens with one attached hydrogen (secondary N) is 1. The van der Waals surface area contributed by atoms with Crippen molar-refractivity contribution < 1.29 is 19.4 Å². The van der Waals surface area contributed by atoms with Gasteiger partial charge in [-0.1, -0.05) is 6.58 Å². The smallest absolute Gasteiger partial charge is 0.233 e. The van der Waals surface area contributed by atoms with Gasteiger partial charge >= 0.3 is 0 Å². The summed E-state index contributed by atoms with van der Waals surface area (Å²) in [6.45, 7) is 5.58. The summed E-state index contributed by atoms with van der Waals surface area (Å²) in [6, 6.07) is 1.67. The molecule has 7 nitrogen and oxygen atoms in total. The molecule has 3 atom stereocenters. The topological polar surface area (TPSA) is 108 Å². The van der Waals surface area contributed by atoms with E-state index in [-0.39, 0.29) is 30.1 Å². The van der Waals surface area contributed by atoms with Gasteiger partial charge in [0.25, 0.3) is 0 Å². The molecule has 1 saturated carbocycles. The Morgan fingerprint density at radius 2 is 2.31 bits per heavy atom. The summed E-state index contributed by atoms with van der Waals surface area (Å²) in [5.74, 6) is 0.486. The first-order chi connectivity index (χ1) is 12.5. The van der Waals surface area contributed by atoms with Gasteiger partial charge in [-0.3, -0.25) is 4.79 Å². The Kier molecular flexibility index (Phi) is 5.49. The van der Waals surface area contributed by atoms with E-state index < -0.39 is 6.10 Å². The zero-order valence-electron chi connectivity index (χ0n) is 14.7. The van der Waals surface area contributed by atoms with Crippen LogP contribution in [-0.2, 0) is 0 Å². The van der Waals surface area contributed by atoms with Crippen molar-refractivity contribution in [3.8, 4) is 0 Å². The van der Waals surface area contributed by atoms with E-state index in [1.54, 1.807) is 6.92 Å². The molecule has 3 N–H and O–H groups in total. The molecular weight excluding hydrogens is 334 g/mol. The molecule has 3 rings (SSSR count). The SMILES string of the molecule is C=C(C)C(O)c1coc(C(=O)c2cncnc2NC2CCC(CO)C2)c1. The third-order valence-corrected chi connectivity index (χ3v) is 4.72. The number of anilines is 1. The molecule has 0 amide bonds. The Bertz CT molecular complexity index is 802. The standard InChI is InChI=1S/C19H23N3O4/c1-11(2)17(24)13-6-16(26-9-13)18(25)15-7-20-10-21-19(15)22-14-4-3-12(5-14)8-23/h6-7,9-10,12,14,17,23-24H,1,3-5,8H2,2H3,(H,20,21,22). The molecule has 0 aromatic carbocycles. The number of carbonyl (C=O) groups excluding carboxylic acids is 1. The Hall–Kier alpha value is -2.51. The van der Waals surface area contributed by atoms with Crippen molar-refractivity contribution in [1.29, 1.82) is 0 Å². The van der Waals surface area contributed by atoms with E-state index in [9.17, 15) is 15.0 Å². The minimum Gasteiger partial charge on any atom is -0.460 e. The van der Waals surface area contributed by atoms with Crippen molar-refractivity contribution >= 4 is 11.6 Å². The predicted octanol–water partition coefficient (Wildman–Crippen LogP) is 2.48. The van der Waals surface area contributed by atoms with E-state index >= 15 is 0 Å². The zero-order chi connectivity index (χ0) is 18.7. The van der Waals surface area contributed by atoms with E-state index in [1.165, 1.54) is 24.9 Å². The van der Waals surface area contributed by atoms with Crippen LogP contribution in [0.4, 0.5) is 5.82 Å². The molecule has 138 valence electrons. The molecular formula is C19H23N3O4. The molecule has 26 heavy (non-hydrogen) atoms. The van der Waals surface area contributed by atoms with Crippen LogP contribution in [0.1, 0.15) is 54.0 Å². The lowest BCUT2D eigenvalue weighted by atomic mass is 10.1. The fourth-order valence-corrected chi connectivity index (χ4v) is 3.21. The summed E-state index contributed by atoms with van der Waals surface area (Å²) in [6.07, 6.45) is 6.01. The fourth-order valence-electron chi connectivity index (χ4n) is 3.21. The highest BCUT2D eigenvalue weighted by molar-refractivity contribution is 6.10. The second kappa shape index (κ2) is 7.80. The van der Waals surface area contributed by atoms with E-state index in [0.717, 1.165) is 19.3 Å². The number of ketones is 1. The number of furan rings is 1. The molecule has 0 radical (unpaired) electrons. The van der Waals surface area contributed by atoms with Crippen molar-refractivity contribution in [2.24, 2.45) is 5.92 Å². The van der Waals surface area contributed by atoms with Gasteiger partial charge < -0.3 is 19.9 Å². The van der Waals surface area contributed by atoms with Crippen LogP contribution in [0.15, 0.2) is 41.4 Å². The summed E-state index contributed by atoms with van der Waals surface area (Å²) in [5.41, 5.74) is 1.36. The third kappa shape index (κ3) is 3.84. The molecule has 2 aromatic heterocycles. The Morgan fingerprint density at radius 3 is 3.00 bits per heavy atom. The number of aliphatic hydroxyl groups excluding tert-OH is 2. The van der Waals surface area contributed by atoms with Gasteiger partial charge in [-0.2, -0.15) is 0 Å². The van der Waals surface area contributed by atoms with Crippen LogP contribution >= 0.6 is 0 Å². The minimum atomic E-state index is -0.876. The molecule has 0 aliphatic heterocycles. The van der Waals surface area contributed by atoms with Gasteiger partial charge in [-0.25, -0.2) is 9.97 Å². The average molecular weight is 357 g/mol. The van der Waals surface area contributed by atoms with Crippen LogP contribution < -0.4 is 5.32 Å². The second-order valence-electron chi connectivity index (χ2n) is 6.81. The number of hydrogen-bond acceptors (Lipinski definition) is 7. The van der Waals surface area contributed by atoms with E-state index in [4.69, 9.17) is 4.42 Å². The molecule has 0 bridgehead atoms. The lowest BCUT2D eigenvalue weighted by Crippen LogP contribution is -2.19. The second-order valence-corrected chi connectivity index (χ2v) is 6.81. The van der Waals surface area contributed by atoms with Gasteiger partial charge in [0.1, 0.15) is 18.2 Å². The van der Waals surface area contributed by atoms with Crippen LogP contribution in [0.2, 0.25) is 0 Å². The van der Waals surface area contributed by atoms with Gasteiger partial charge in [0.05, 0.1) is 11.8 Å². The predicted molar refractivity (Wildman–Crippen MR) is 95.8 cm³/mol. The number of hydrogen-bond donors (Lipinski definition) is 3. The molecule has 0 saturated heterocycles. The van der Waals surface area contributed by atoms with Gasteiger partial charge in [0.15, 0.2) is 5.76 Å². The number of nitrogens with zero attached hydrogens (tertiary/aromatic N) is 2. The summed E-state index contributed by atoms with van der Waals surface area (Å²) in [7, 11) is 0. The average Bonchev–Trinajstić information content (AvgIpc) is 3.30. The fraction of sp³-hybridized carbons (Fsp3) is 0.421. The Labute approximate surface area is 151 Å². The van der Waals surface area contributed by atoms with Crippen LogP contribution in [0, 0.1) is 5.92 Å². The summed E-state index contributed by atoms with van der Waals surface area (Å²) < 4.78 is 5.34. The number of aromatic nitrogens is 2. The lowest BCUT2D eigenvalue weighted by Gasteiger charge is -2.15. The maximum atomic E-state index is 12.8. The molecule has 7 heteroatoms. The maximum absolute atomic E-state index is 12.8. The largest absolute Gasteiger partial charge is 0.460 e. The number of aliphatic hydroxyl groups is 2. The van der Waals surface area contributed by atoms with Crippen molar-refractivity contribution in [3.63, 3.8) is 0 Å².